The number of thiophene rings is 1. The fourth-order valence-electron chi connectivity index (χ4n) is 2.80. The third kappa shape index (κ3) is 3.27. The number of aryl methyl sites for hydroxylation is 2. The second-order valence-corrected chi connectivity index (χ2v) is 7.97. The number of nitrogens with zero attached hydrogens (tertiary/aromatic N) is 3. The molecule has 0 radical (unpaired) electrons. The van der Waals surface area contributed by atoms with Gasteiger partial charge in [0.1, 0.15) is 16.2 Å². The van der Waals surface area contributed by atoms with Gasteiger partial charge in [0.25, 0.3) is 0 Å². The van der Waals surface area contributed by atoms with E-state index in [1.807, 2.05) is 4.90 Å². The van der Waals surface area contributed by atoms with E-state index in [1.165, 1.54) is 22.2 Å². The molecule has 1 saturated heterocycles. The molecule has 0 unspecified atom stereocenters. The second kappa shape index (κ2) is 6.96. The number of aromatic nitrogens is 2. The van der Waals surface area contributed by atoms with Crippen molar-refractivity contribution >= 4 is 39.2 Å². The molecule has 4 nitrogen and oxygen atoms in total. The SMILES string of the molecule is Cc1sc2ncnc(SCCC(=O)N3CCCCC3)c2c1C. The molecule has 1 aliphatic rings. The first-order valence-corrected chi connectivity index (χ1v) is 9.58. The van der Waals surface area contributed by atoms with Gasteiger partial charge in [-0.05, 0) is 38.7 Å². The molecule has 1 aliphatic heterocycles. The molecule has 3 heterocycles. The maximum Gasteiger partial charge on any atom is 0.223 e. The quantitative estimate of drug-likeness (QED) is 0.630. The first kappa shape index (κ1) is 15.7. The second-order valence-electron chi connectivity index (χ2n) is 5.68. The summed E-state index contributed by atoms with van der Waals surface area (Å²) in [6.45, 7) is 6.12. The molecule has 0 bridgehead atoms. The Labute approximate surface area is 139 Å². The molecule has 0 saturated carbocycles. The van der Waals surface area contributed by atoms with Gasteiger partial charge in [0.05, 0.1) is 0 Å². The van der Waals surface area contributed by atoms with Gasteiger partial charge in [-0.15, -0.1) is 23.1 Å². The van der Waals surface area contributed by atoms with Crippen molar-refractivity contribution in [3.05, 3.63) is 16.8 Å². The van der Waals surface area contributed by atoms with Gasteiger partial charge in [0.15, 0.2) is 0 Å². The molecule has 0 N–H and O–H groups in total. The van der Waals surface area contributed by atoms with Crippen LogP contribution in [-0.4, -0.2) is 39.6 Å². The Morgan fingerprint density at radius 3 is 2.82 bits per heavy atom. The zero-order valence-electron chi connectivity index (χ0n) is 13.1. The molecule has 0 spiro atoms. The summed E-state index contributed by atoms with van der Waals surface area (Å²) in [6, 6.07) is 0. The highest BCUT2D eigenvalue weighted by Gasteiger charge is 2.17. The molecule has 0 aliphatic carbocycles. The Kier molecular flexibility index (Phi) is 4.98. The molecule has 1 amide bonds. The van der Waals surface area contributed by atoms with Crippen LogP contribution in [0.15, 0.2) is 11.4 Å². The number of piperidine rings is 1. The van der Waals surface area contributed by atoms with Crippen LogP contribution in [0.2, 0.25) is 0 Å². The highest BCUT2D eigenvalue weighted by molar-refractivity contribution is 7.99. The number of carbonyl (C=O) groups is 1. The topological polar surface area (TPSA) is 46.1 Å². The predicted octanol–water partition coefficient (Wildman–Crippen LogP) is 3.80. The summed E-state index contributed by atoms with van der Waals surface area (Å²) >= 11 is 3.39. The average Bonchev–Trinajstić information content (AvgIpc) is 2.84. The average molecular weight is 335 g/mol. The molecule has 118 valence electrons. The molecule has 0 aromatic carbocycles. The minimum absolute atomic E-state index is 0.288. The zero-order valence-corrected chi connectivity index (χ0v) is 14.7. The van der Waals surface area contributed by atoms with Gasteiger partial charge >= 0.3 is 0 Å². The number of amides is 1. The summed E-state index contributed by atoms with van der Waals surface area (Å²) in [5, 5.41) is 2.18. The van der Waals surface area contributed by atoms with Crippen molar-refractivity contribution in [1.82, 2.24) is 14.9 Å². The van der Waals surface area contributed by atoms with Gasteiger partial charge in [-0.2, -0.15) is 0 Å². The van der Waals surface area contributed by atoms with E-state index in [-0.39, 0.29) is 5.91 Å². The summed E-state index contributed by atoms with van der Waals surface area (Å²) in [4.78, 5) is 25.3. The Morgan fingerprint density at radius 2 is 2.05 bits per heavy atom. The van der Waals surface area contributed by atoms with E-state index in [0.29, 0.717) is 6.42 Å². The number of hydrogen-bond donors (Lipinski definition) is 0. The standard InChI is InChI=1S/C16H21N3OS2/c1-11-12(2)22-16-14(11)15(17-10-18-16)21-9-6-13(20)19-7-4-3-5-8-19/h10H,3-9H2,1-2H3. The first-order chi connectivity index (χ1) is 10.7. The minimum atomic E-state index is 0.288. The van der Waals surface area contributed by atoms with Crippen molar-refractivity contribution in [2.24, 2.45) is 0 Å². The van der Waals surface area contributed by atoms with Crippen LogP contribution in [0.5, 0.6) is 0 Å². The summed E-state index contributed by atoms with van der Waals surface area (Å²) < 4.78 is 0. The lowest BCUT2D eigenvalue weighted by Gasteiger charge is -2.26. The van der Waals surface area contributed by atoms with Crippen LogP contribution in [0.1, 0.15) is 36.1 Å². The van der Waals surface area contributed by atoms with Crippen molar-refractivity contribution in [2.75, 3.05) is 18.8 Å². The molecule has 22 heavy (non-hydrogen) atoms. The maximum atomic E-state index is 12.2. The Morgan fingerprint density at radius 1 is 1.27 bits per heavy atom. The van der Waals surface area contributed by atoms with Crippen LogP contribution in [-0.2, 0) is 4.79 Å². The van der Waals surface area contributed by atoms with Gasteiger partial charge < -0.3 is 4.90 Å². The van der Waals surface area contributed by atoms with Gasteiger partial charge in [-0.25, -0.2) is 9.97 Å². The van der Waals surface area contributed by atoms with Crippen LogP contribution in [0.4, 0.5) is 0 Å². The van der Waals surface area contributed by atoms with E-state index in [1.54, 1.807) is 29.4 Å². The highest BCUT2D eigenvalue weighted by atomic mass is 32.2. The molecule has 6 heteroatoms. The normalized spacial score (nSPS) is 15.5. The van der Waals surface area contributed by atoms with E-state index in [9.17, 15) is 4.79 Å². The van der Waals surface area contributed by atoms with Gasteiger partial charge in [0, 0.05) is 35.5 Å². The molecule has 2 aromatic heterocycles. The summed E-state index contributed by atoms with van der Waals surface area (Å²) in [7, 11) is 0. The number of likely N-dealkylation sites (tertiary alicyclic amines) is 1. The Balaban J connectivity index is 1.63. The molecule has 1 fully saturated rings. The van der Waals surface area contributed by atoms with Crippen molar-refractivity contribution in [2.45, 2.75) is 44.6 Å². The van der Waals surface area contributed by atoms with E-state index in [2.05, 4.69) is 23.8 Å². The van der Waals surface area contributed by atoms with E-state index in [4.69, 9.17) is 0 Å². The first-order valence-electron chi connectivity index (χ1n) is 7.78. The predicted molar refractivity (Wildman–Crippen MR) is 92.7 cm³/mol. The smallest absolute Gasteiger partial charge is 0.223 e. The zero-order chi connectivity index (χ0) is 15.5. The van der Waals surface area contributed by atoms with Crippen molar-refractivity contribution in [3.8, 4) is 0 Å². The number of fused-ring (bicyclic) bond motifs is 1. The molecule has 2 aromatic rings. The van der Waals surface area contributed by atoms with Crippen LogP contribution < -0.4 is 0 Å². The van der Waals surface area contributed by atoms with Crippen LogP contribution in [0, 0.1) is 13.8 Å². The van der Waals surface area contributed by atoms with E-state index >= 15 is 0 Å². The van der Waals surface area contributed by atoms with Crippen molar-refractivity contribution in [1.29, 1.82) is 0 Å². The van der Waals surface area contributed by atoms with E-state index in [0.717, 1.165) is 41.5 Å². The lowest BCUT2D eigenvalue weighted by atomic mass is 10.1. The van der Waals surface area contributed by atoms with Crippen LogP contribution in [0.25, 0.3) is 10.2 Å². The van der Waals surface area contributed by atoms with Crippen molar-refractivity contribution in [3.63, 3.8) is 0 Å². The minimum Gasteiger partial charge on any atom is -0.343 e. The summed E-state index contributed by atoms with van der Waals surface area (Å²) in [5.41, 5.74) is 1.27. The Bertz CT molecular complexity index is 677. The fourth-order valence-corrected chi connectivity index (χ4v) is 4.84. The monoisotopic (exact) mass is 335 g/mol. The van der Waals surface area contributed by atoms with Gasteiger partial charge in [-0.3, -0.25) is 4.79 Å². The van der Waals surface area contributed by atoms with Crippen molar-refractivity contribution < 1.29 is 4.79 Å². The fraction of sp³-hybridized carbons (Fsp3) is 0.562. The van der Waals surface area contributed by atoms with E-state index < -0.39 is 0 Å². The number of carbonyl (C=O) groups excluding carboxylic acids is 1. The lowest BCUT2D eigenvalue weighted by molar-refractivity contribution is -0.131. The molecule has 0 atom stereocenters. The third-order valence-electron chi connectivity index (χ3n) is 4.19. The maximum absolute atomic E-state index is 12.2. The number of rotatable bonds is 4. The summed E-state index contributed by atoms with van der Waals surface area (Å²) in [6.07, 6.45) is 5.79. The third-order valence-corrected chi connectivity index (χ3v) is 6.30. The van der Waals surface area contributed by atoms with Gasteiger partial charge in [0.2, 0.25) is 5.91 Å². The highest BCUT2D eigenvalue weighted by Crippen LogP contribution is 2.34. The molecule has 3 rings (SSSR count). The van der Waals surface area contributed by atoms with Gasteiger partial charge in [-0.1, -0.05) is 0 Å². The lowest BCUT2D eigenvalue weighted by Crippen LogP contribution is -2.35. The van der Waals surface area contributed by atoms with Crippen LogP contribution >= 0.6 is 23.1 Å². The largest absolute Gasteiger partial charge is 0.343 e. The number of hydrogen-bond acceptors (Lipinski definition) is 5. The van der Waals surface area contributed by atoms with Crippen LogP contribution in [0.3, 0.4) is 0 Å². The number of thioether (sulfide) groups is 1. The molecular formula is C16H21N3OS2. The Hall–Kier alpha value is -1.14. The summed E-state index contributed by atoms with van der Waals surface area (Å²) in [5.74, 6) is 1.08. The molecular weight excluding hydrogens is 314 g/mol.